The lowest BCUT2D eigenvalue weighted by atomic mass is 9.97. The molecular weight excluding hydrogens is 260 g/mol. The lowest BCUT2D eigenvalue weighted by molar-refractivity contribution is 0.178. The van der Waals surface area contributed by atoms with Crippen molar-refractivity contribution in [3.8, 4) is 5.75 Å². The molecule has 3 rings (SSSR count). The molecule has 2 aromatic rings. The predicted molar refractivity (Wildman–Crippen MR) is 72.7 cm³/mol. The molecule has 1 aliphatic heterocycles. The molecule has 0 aliphatic carbocycles. The van der Waals surface area contributed by atoms with Gasteiger partial charge in [0.2, 0.25) is 0 Å². The zero-order valence-electron chi connectivity index (χ0n) is 11.1. The van der Waals surface area contributed by atoms with Crippen molar-refractivity contribution in [2.24, 2.45) is 0 Å². The normalized spacial score (nSPS) is 18.4. The molecular formula is C16H15F2NO. The number of hydrogen-bond acceptors (Lipinski definition) is 2. The van der Waals surface area contributed by atoms with Crippen molar-refractivity contribution in [3.63, 3.8) is 0 Å². The van der Waals surface area contributed by atoms with Gasteiger partial charge in [-0.1, -0.05) is 24.3 Å². The molecule has 4 heteroatoms. The van der Waals surface area contributed by atoms with E-state index < -0.39 is 17.7 Å². The van der Waals surface area contributed by atoms with Gasteiger partial charge in [0.15, 0.2) is 0 Å². The van der Waals surface area contributed by atoms with E-state index in [1.54, 1.807) is 7.05 Å². The Morgan fingerprint density at radius 2 is 1.80 bits per heavy atom. The van der Waals surface area contributed by atoms with Crippen LogP contribution in [-0.2, 0) is 6.42 Å². The average Bonchev–Trinajstić information content (AvgIpc) is 2.86. The van der Waals surface area contributed by atoms with Crippen molar-refractivity contribution in [2.45, 2.75) is 18.6 Å². The molecule has 1 heterocycles. The average molecular weight is 275 g/mol. The van der Waals surface area contributed by atoms with E-state index in [1.807, 2.05) is 24.3 Å². The zero-order valence-corrected chi connectivity index (χ0v) is 11.1. The van der Waals surface area contributed by atoms with Crippen LogP contribution in [0.2, 0.25) is 0 Å². The first-order valence-corrected chi connectivity index (χ1v) is 6.56. The fourth-order valence-electron chi connectivity index (χ4n) is 2.72. The lowest BCUT2D eigenvalue weighted by Gasteiger charge is -2.24. The SMILES string of the molecule is CNC(c1c(F)cccc1F)C1Cc2ccccc2O1. The molecule has 20 heavy (non-hydrogen) atoms. The number of fused-ring (bicyclic) bond motifs is 1. The maximum absolute atomic E-state index is 13.9. The topological polar surface area (TPSA) is 21.3 Å². The summed E-state index contributed by atoms with van der Waals surface area (Å²) >= 11 is 0. The minimum atomic E-state index is -0.552. The standard InChI is InChI=1S/C16H15F2NO/c1-19-16(15-11(17)6-4-7-12(15)18)14-9-10-5-2-3-8-13(10)20-14/h2-8,14,16,19H,9H2,1H3. The fraction of sp³-hybridized carbons (Fsp3) is 0.250. The number of para-hydroxylation sites is 1. The highest BCUT2D eigenvalue weighted by Gasteiger charge is 2.33. The van der Waals surface area contributed by atoms with Gasteiger partial charge < -0.3 is 10.1 Å². The summed E-state index contributed by atoms with van der Waals surface area (Å²) in [5, 5.41) is 2.97. The molecule has 0 aromatic heterocycles. The van der Waals surface area contributed by atoms with Crippen LogP contribution in [0.25, 0.3) is 0 Å². The smallest absolute Gasteiger partial charge is 0.131 e. The van der Waals surface area contributed by atoms with E-state index in [1.165, 1.54) is 18.2 Å². The summed E-state index contributed by atoms with van der Waals surface area (Å²) in [6, 6.07) is 11.0. The van der Waals surface area contributed by atoms with Crippen LogP contribution in [0.15, 0.2) is 42.5 Å². The highest BCUT2D eigenvalue weighted by atomic mass is 19.1. The minimum Gasteiger partial charge on any atom is -0.488 e. The maximum atomic E-state index is 13.9. The number of ether oxygens (including phenoxy) is 1. The Hall–Kier alpha value is -1.94. The van der Waals surface area contributed by atoms with E-state index >= 15 is 0 Å². The van der Waals surface area contributed by atoms with Crippen LogP contribution in [0, 0.1) is 11.6 Å². The van der Waals surface area contributed by atoms with Gasteiger partial charge >= 0.3 is 0 Å². The molecule has 1 aliphatic rings. The summed E-state index contributed by atoms with van der Waals surface area (Å²) in [5.74, 6) is -0.317. The Balaban J connectivity index is 1.93. The molecule has 2 aromatic carbocycles. The van der Waals surface area contributed by atoms with Crippen LogP contribution in [0.4, 0.5) is 8.78 Å². The second-order valence-corrected chi connectivity index (χ2v) is 4.87. The monoisotopic (exact) mass is 275 g/mol. The third-order valence-electron chi connectivity index (χ3n) is 3.67. The molecule has 0 saturated heterocycles. The van der Waals surface area contributed by atoms with Gasteiger partial charge in [0.1, 0.15) is 23.5 Å². The van der Waals surface area contributed by atoms with Crippen LogP contribution < -0.4 is 10.1 Å². The Labute approximate surface area is 116 Å². The quantitative estimate of drug-likeness (QED) is 0.928. The second kappa shape index (κ2) is 5.21. The molecule has 0 amide bonds. The van der Waals surface area contributed by atoms with E-state index in [2.05, 4.69) is 5.32 Å². The first kappa shape index (κ1) is 13.1. The number of nitrogens with one attached hydrogen (secondary N) is 1. The summed E-state index contributed by atoms with van der Waals surface area (Å²) in [7, 11) is 1.68. The number of rotatable bonds is 3. The summed E-state index contributed by atoms with van der Waals surface area (Å²) in [6.07, 6.45) is 0.318. The lowest BCUT2D eigenvalue weighted by Crippen LogP contribution is -2.34. The van der Waals surface area contributed by atoms with E-state index in [0.29, 0.717) is 6.42 Å². The third-order valence-corrected chi connectivity index (χ3v) is 3.67. The summed E-state index contributed by atoms with van der Waals surface area (Å²) in [5.41, 5.74) is 1.10. The number of likely N-dealkylation sites (N-methyl/N-ethyl adjacent to an activating group) is 1. The van der Waals surface area contributed by atoms with Crippen molar-refractivity contribution in [3.05, 3.63) is 65.2 Å². The van der Waals surface area contributed by atoms with Gasteiger partial charge in [0.25, 0.3) is 0 Å². The van der Waals surface area contributed by atoms with Gasteiger partial charge in [0.05, 0.1) is 6.04 Å². The zero-order chi connectivity index (χ0) is 14.1. The molecule has 0 saturated carbocycles. The Bertz CT molecular complexity index is 584. The van der Waals surface area contributed by atoms with Gasteiger partial charge in [-0.3, -0.25) is 0 Å². The molecule has 0 radical (unpaired) electrons. The Morgan fingerprint density at radius 1 is 1.10 bits per heavy atom. The van der Waals surface area contributed by atoms with E-state index in [4.69, 9.17) is 4.74 Å². The predicted octanol–water partition coefficient (Wildman–Crippen LogP) is 3.23. The highest BCUT2D eigenvalue weighted by molar-refractivity contribution is 5.39. The van der Waals surface area contributed by atoms with E-state index in [0.717, 1.165) is 11.3 Å². The molecule has 0 bridgehead atoms. The highest BCUT2D eigenvalue weighted by Crippen LogP contribution is 2.35. The van der Waals surface area contributed by atoms with Crippen molar-refractivity contribution in [1.29, 1.82) is 0 Å². The van der Waals surface area contributed by atoms with E-state index in [9.17, 15) is 8.78 Å². The molecule has 2 unspecified atom stereocenters. The number of benzene rings is 2. The Morgan fingerprint density at radius 3 is 2.45 bits per heavy atom. The largest absolute Gasteiger partial charge is 0.488 e. The summed E-state index contributed by atoms with van der Waals surface area (Å²) in [6.45, 7) is 0. The fourth-order valence-corrected chi connectivity index (χ4v) is 2.72. The third kappa shape index (κ3) is 2.16. The number of hydrogen-bond donors (Lipinski definition) is 1. The van der Waals surface area contributed by atoms with Gasteiger partial charge in [-0.15, -0.1) is 0 Å². The van der Waals surface area contributed by atoms with Crippen LogP contribution >= 0.6 is 0 Å². The van der Waals surface area contributed by atoms with Crippen molar-refractivity contribution < 1.29 is 13.5 Å². The molecule has 1 N–H and O–H groups in total. The van der Waals surface area contributed by atoms with E-state index in [-0.39, 0.29) is 11.7 Å². The number of halogens is 2. The van der Waals surface area contributed by atoms with Gasteiger partial charge in [-0.25, -0.2) is 8.78 Å². The van der Waals surface area contributed by atoms with Crippen molar-refractivity contribution in [1.82, 2.24) is 5.32 Å². The molecule has 0 fully saturated rings. The Kier molecular flexibility index (Phi) is 3.40. The molecule has 104 valence electrons. The molecule has 2 nitrogen and oxygen atoms in total. The first-order valence-electron chi connectivity index (χ1n) is 6.56. The molecule has 0 spiro atoms. The van der Waals surface area contributed by atoms with Crippen LogP contribution in [0.3, 0.4) is 0 Å². The minimum absolute atomic E-state index is 0.0350. The van der Waals surface area contributed by atoms with Crippen molar-refractivity contribution >= 4 is 0 Å². The van der Waals surface area contributed by atoms with Gasteiger partial charge in [-0.05, 0) is 30.8 Å². The summed E-state index contributed by atoms with van der Waals surface area (Å²) < 4.78 is 33.7. The maximum Gasteiger partial charge on any atom is 0.131 e. The molecule has 2 atom stereocenters. The van der Waals surface area contributed by atoms with Crippen LogP contribution in [-0.4, -0.2) is 13.2 Å². The van der Waals surface area contributed by atoms with Crippen molar-refractivity contribution in [2.75, 3.05) is 7.05 Å². The first-order chi connectivity index (χ1) is 9.70. The second-order valence-electron chi connectivity index (χ2n) is 4.87. The van der Waals surface area contributed by atoms with Gasteiger partial charge in [0, 0.05) is 12.0 Å². The van der Waals surface area contributed by atoms with Gasteiger partial charge in [-0.2, -0.15) is 0 Å². The summed E-state index contributed by atoms with van der Waals surface area (Å²) in [4.78, 5) is 0. The van der Waals surface area contributed by atoms with Crippen LogP contribution in [0.5, 0.6) is 5.75 Å². The van der Waals surface area contributed by atoms with Crippen LogP contribution in [0.1, 0.15) is 17.2 Å².